The molecule has 0 bridgehead atoms. The van der Waals surface area contributed by atoms with Crippen LogP contribution in [0.2, 0.25) is 0 Å². The third-order valence-electron chi connectivity index (χ3n) is 1.97. The molecule has 0 spiro atoms. The van der Waals surface area contributed by atoms with E-state index in [0.29, 0.717) is 4.90 Å². The van der Waals surface area contributed by atoms with Crippen molar-refractivity contribution < 1.29 is 9.13 Å². The van der Waals surface area contributed by atoms with E-state index in [1.807, 2.05) is 18.4 Å². The number of fused-ring (bicyclic) bond motifs is 1. The average molecular weight is 228 g/mol. The van der Waals surface area contributed by atoms with E-state index in [4.69, 9.17) is 4.74 Å². The Hall–Kier alpha value is -0.740. The molecule has 4 heteroatoms. The highest BCUT2D eigenvalue weighted by atomic mass is 32.2. The summed E-state index contributed by atoms with van der Waals surface area (Å²) in [4.78, 5) is 0.682. The smallest absolute Gasteiger partial charge is 0.174 e. The number of ether oxygens (including phenoxy) is 1. The molecule has 0 unspecified atom stereocenters. The van der Waals surface area contributed by atoms with Crippen molar-refractivity contribution in [2.24, 2.45) is 0 Å². The van der Waals surface area contributed by atoms with Crippen LogP contribution in [-0.2, 0) is 0 Å². The van der Waals surface area contributed by atoms with Gasteiger partial charge in [0.2, 0.25) is 0 Å². The third-order valence-corrected chi connectivity index (χ3v) is 3.78. The molecule has 74 valence electrons. The predicted molar refractivity (Wildman–Crippen MR) is 60.1 cm³/mol. The standard InChI is InChI=1S/C10H9FOS2/c1-12-10-4-6-3-7(11)9(13-2)5-8(6)14-10/h3-5H,1-2H3. The lowest BCUT2D eigenvalue weighted by Gasteiger charge is -1.97. The van der Waals surface area contributed by atoms with Gasteiger partial charge in [0.05, 0.1) is 7.11 Å². The number of rotatable bonds is 2. The van der Waals surface area contributed by atoms with E-state index in [2.05, 4.69) is 0 Å². The number of halogens is 1. The van der Waals surface area contributed by atoms with Crippen molar-refractivity contribution in [1.29, 1.82) is 0 Å². The second-order valence-corrected chi connectivity index (χ2v) is 4.69. The zero-order valence-corrected chi connectivity index (χ0v) is 9.47. The molecule has 0 amide bonds. The maximum atomic E-state index is 13.4. The van der Waals surface area contributed by atoms with E-state index in [1.165, 1.54) is 23.1 Å². The van der Waals surface area contributed by atoms with Crippen molar-refractivity contribution in [3.8, 4) is 5.06 Å². The van der Waals surface area contributed by atoms with Crippen molar-refractivity contribution in [1.82, 2.24) is 0 Å². The average Bonchev–Trinajstić information content (AvgIpc) is 2.58. The number of thioether (sulfide) groups is 1. The van der Waals surface area contributed by atoms with Crippen molar-refractivity contribution in [2.45, 2.75) is 4.90 Å². The topological polar surface area (TPSA) is 9.23 Å². The van der Waals surface area contributed by atoms with Gasteiger partial charge in [0, 0.05) is 9.60 Å². The summed E-state index contributed by atoms with van der Waals surface area (Å²) in [5.74, 6) is -0.162. The first-order chi connectivity index (χ1) is 6.74. The molecule has 1 heterocycles. The molecule has 1 aromatic carbocycles. The summed E-state index contributed by atoms with van der Waals surface area (Å²) >= 11 is 2.95. The molecule has 0 atom stereocenters. The number of methoxy groups -OCH3 is 1. The molecule has 0 saturated heterocycles. The fourth-order valence-electron chi connectivity index (χ4n) is 1.27. The molecule has 0 radical (unpaired) electrons. The molecule has 0 aliphatic rings. The zero-order chi connectivity index (χ0) is 10.1. The first-order valence-electron chi connectivity index (χ1n) is 4.05. The Labute approximate surface area is 89.9 Å². The Morgan fingerprint density at radius 1 is 1.36 bits per heavy atom. The van der Waals surface area contributed by atoms with Gasteiger partial charge < -0.3 is 4.74 Å². The second kappa shape index (κ2) is 3.79. The third kappa shape index (κ3) is 1.60. The van der Waals surface area contributed by atoms with Gasteiger partial charge in [0.1, 0.15) is 5.82 Å². The highest BCUT2D eigenvalue weighted by Crippen LogP contribution is 2.35. The molecule has 14 heavy (non-hydrogen) atoms. The first kappa shape index (κ1) is 9.80. The molecule has 2 rings (SSSR count). The van der Waals surface area contributed by atoms with Gasteiger partial charge in [-0.25, -0.2) is 4.39 Å². The van der Waals surface area contributed by atoms with Crippen LogP contribution in [0.1, 0.15) is 0 Å². The van der Waals surface area contributed by atoms with Gasteiger partial charge in [-0.2, -0.15) is 0 Å². The van der Waals surface area contributed by atoms with Crippen LogP contribution in [0, 0.1) is 5.82 Å². The quantitative estimate of drug-likeness (QED) is 0.724. The zero-order valence-electron chi connectivity index (χ0n) is 7.83. The molecule has 2 aromatic rings. The van der Waals surface area contributed by atoms with Crippen LogP contribution in [0.4, 0.5) is 4.39 Å². The fraction of sp³-hybridized carbons (Fsp3) is 0.200. The number of hydrogen-bond acceptors (Lipinski definition) is 3. The summed E-state index contributed by atoms with van der Waals surface area (Å²) in [6.07, 6.45) is 1.87. The Balaban J connectivity index is 2.64. The molecule has 0 saturated carbocycles. The van der Waals surface area contributed by atoms with Crippen LogP contribution in [0.3, 0.4) is 0 Å². The Kier molecular flexibility index (Phi) is 2.65. The summed E-state index contributed by atoms with van der Waals surface area (Å²) in [6.45, 7) is 0. The monoisotopic (exact) mass is 228 g/mol. The molecule has 1 aromatic heterocycles. The summed E-state index contributed by atoms with van der Waals surface area (Å²) in [6, 6.07) is 5.27. The molecule has 0 aliphatic carbocycles. The SMILES string of the molecule is COc1cc2cc(F)c(SC)cc2s1. The van der Waals surface area contributed by atoms with E-state index in [1.54, 1.807) is 13.2 Å². The van der Waals surface area contributed by atoms with Crippen molar-refractivity contribution in [2.75, 3.05) is 13.4 Å². The minimum Gasteiger partial charge on any atom is -0.487 e. The summed E-state index contributed by atoms with van der Waals surface area (Å²) < 4.78 is 19.5. The van der Waals surface area contributed by atoms with Crippen molar-refractivity contribution in [3.05, 3.63) is 24.0 Å². The van der Waals surface area contributed by atoms with E-state index < -0.39 is 0 Å². The van der Waals surface area contributed by atoms with E-state index in [-0.39, 0.29) is 5.82 Å². The van der Waals surface area contributed by atoms with Gasteiger partial charge in [0.15, 0.2) is 5.06 Å². The molecule has 1 nitrogen and oxygen atoms in total. The highest BCUT2D eigenvalue weighted by molar-refractivity contribution is 7.98. The number of benzene rings is 1. The molecule has 0 fully saturated rings. The second-order valence-electron chi connectivity index (χ2n) is 2.79. The molecular weight excluding hydrogens is 219 g/mol. The summed E-state index contributed by atoms with van der Waals surface area (Å²) in [5, 5.41) is 1.72. The maximum Gasteiger partial charge on any atom is 0.174 e. The molecule has 0 N–H and O–H groups in total. The lowest BCUT2D eigenvalue weighted by atomic mass is 10.2. The van der Waals surface area contributed by atoms with Crippen LogP contribution in [0.25, 0.3) is 10.1 Å². The van der Waals surface area contributed by atoms with E-state index >= 15 is 0 Å². The van der Waals surface area contributed by atoms with Gasteiger partial charge in [-0.3, -0.25) is 0 Å². The first-order valence-corrected chi connectivity index (χ1v) is 6.10. The van der Waals surface area contributed by atoms with Gasteiger partial charge in [0.25, 0.3) is 0 Å². The summed E-state index contributed by atoms with van der Waals surface area (Å²) in [5.41, 5.74) is 0. The van der Waals surface area contributed by atoms with Crippen LogP contribution >= 0.6 is 23.1 Å². The van der Waals surface area contributed by atoms with Crippen LogP contribution in [-0.4, -0.2) is 13.4 Å². The van der Waals surface area contributed by atoms with Crippen LogP contribution in [0.5, 0.6) is 5.06 Å². The minimum absolute atomic E-state index is 0.162. The van der Waals surface area contributed by atoms with Gasteiger partial charge in [-0.05, 0) is 29.8 Å². The molecule has 0 aliphatic heterocycles. The lowest BCUT2D eigenvalue weighted by Crippen LogP contribution is -1.78. The lowest BCUT2D eigenvalue weighted by molar-refractivity contribution is 0.427. The van der Waals surface area contributed by atoms with Crippen molar-refractivity contribution >= 4 is 33.2 Å². The largest absolute Gasteiger partial charge is 0.487 e. The number of thiophene rings is 1. The minimum atomic E-state index is -0.162. The predicted octanol–water partition coefficient (Wildman–Crippen LogP) is 3.77. The maximum absolute atomic E-state index is 13.4. The van der Waals surface area contributed by atoms with Crippen LogP contribution < -0.4 is 4.74 Å². The Morgan fingerprint density at radius 3 is 2.79 bits per heavy atom. The Bertz CT molecular complexity index is 464. The summed E-state index contributed by atoms with van der Waals surface area (Å²) in [7, 11) is 1.62. The van der Waals surface area contributed by atoms with Gasteiger partial charge in [-0.1, -0.05) is 11.3 Å². The highest BCUT2D eigenvalue weighted by Gasteiger charge is 2.07. The fourth-order valence-corrected chi connectivity index (χ4v) is 2.74. The van der Waals surface area contributed by atoms with Crippen molar-refractivity contribution in [3.63, 3.8) is 0 Å². The Morgan fingerprint density at radius 2 is 2.14 bits per heavy atom. The number of hydrogen-bond donors (Lipinski definition) is 0. The van der Waals surface area contributed by atoms with Gasteiger partial charge >= 0.3 is 0 Å². The van der Waals surface area contributed by atoms with Crippen LogP contribution in [0.15, 0.2) is 23.1 Å². The van der Waals surface area contributed by atoms with E-state index in [9.17, 15) is 4.39 Å². The normalized spacial score (nSPS) is 10.8. The van der Waals surface area contributed by atoms with Gasteiger partial charge in [-0.15, -0.1) is 11.8 Å². The molecular formula is C10H9FOS2. The van der Waals surface area contributed by atoms with E-state index in [0.717, 1.165) is 15.1 Å².